The first kappa shape index (κ1) is 22.9. The second-order valence-electron chi connectivity index (χ2n) is 7.31. The van der Waals surface area contributed by atoms with E-state index in [1.807, 2.05) is 6.92 Å². The van der Waals surface area contributed by atoms with Crippen LogP contribution in [0.5, 0.6) is 17.2 Å². The van der Waals surface area contributed by atoms with Gasteiger partial charge < -0.3 is 19.5 Å². The molecule has 8 nitrogen and oxygen atoms in total. The molecule has 1 amide bonds. The highest BCUT2D eigenvalue weighted by atomic mass is 32.2. The third kappa shape index (κ3) is 4.77. The topological polar surface area (TPSA) is 94.2 Å². The number of carbonyl (C=O) groups excluding carboxylic acids is 1. The summed E-state index contributed by atoms with van der Waals surface area (Å²) in [6, 6.07) is 7.87. The lowest BCUT2D eigenvalue weighted by atomic mass is 10.1. The lowest BCUT2D eigenvalue weighted by molar-refractivity contribution is 0.102. The van der Waals surface area contributed by atoms with Crippen LogP contribution in [-0.4, -0.2) is 53.0 Å². The third-order valence-electron chi connectivity index (χ3n) is 5.34. The molecule has 1 aliphatic heterocycles. The number of hydrogen-bond acceptors (Lipinski definition) is 6. The average Bonchev–Trinajstić information content (AvgIpc) is 2.79. The molecule has 0 spiro atoms. The summed E-state index contributed by atoms with van der Waals surface area (Å²) in [7, 11) is 0.818. The van der Waals surface area contributed by atoms with E-state index >= 15 is 0 Å². The van der Waals surface area contributed by atoms with Gasteiger partial charge in [-0.3, -0.25) is 4.79 Å². The van der Waals surface area contributed by atoms with Crippen molar-refractivity contribution in [3.63, 3.8) is 0 Å². The maximum atomic E-state index is 13.0. The molecule has 1 N–H and O–H groups in total. The lowest BCUT2D eigenvalue weighted by Crippen LogP contribution is -2.35. The van der Waals surface area contributed by atoms with Gasteiger partial charge in [-0.1, -0.05) is 12.5 Å². The summed E-state index contributed by atoms with van der Waals surface area (Å²) in [5.74, 6) is 0.664. The number of sulfonamides is 1. The zero-order valence-corrected chi connectivity index (χ0v) is 19.0. The van der Waals surface area contributed by atoms with Crippen LogP contribution in [0, 0.1) is 6.92 Å². The van der Waals surface area contributed by atoms with Crippen LogP contribution in [0.1, 0.15) is 35.2 Å². The van der Waals surface area contributed by atoms with Crippen molar-refractivity contribution >= 4 is 21.6 Å². The number of hydrogen-bond donors (Lipinski definition) is 1. The molecule has 0 saturated carbocycles. The first-order valence-electron chi connectivity index (χ1n) is 10.0. The van der Waals surface area contributed by atoms with Gasteiger partial charge in [-0.15, -0.1) is 0 Å². The largest absolute Gasteiger partial charge is 0.493 e. The molecule has 0 aromatic heterocycles. The molecule has 2 aromatic rings. The van der Waals surface area contributed by atoms with Crippen LogP contribution in [0.2, 0.25) is 0 Å². The summed E-state index contributed by atoms with van der Waals surface area (Å²) in [5.41, 5.74) is 1.47. The number of nitrogens with zero attached hydrogens (tertiary/aromatic N) is 1. The Balaban J connectivity index is 1.91. The van der Waals surface area contributed by atoms with E-state index in [0.717, 1.165) is 24.8 Å². The SMILES string of the molecule is COc1cc(C(=O)Nc2cc(S(=O)(=O)N3CCCCC3)ccc2C)cc(OC)c1OC. The number of rotatable bonds is 7. The number of aryl methyl sites for hydroxylation is 1. The highest BCUT2D eigenvalue weighted by molar-refractivity contribution is 7.89. The molecule has 1 saturated heterocycles. The van der Waals surface area contributed by atoms with Crippen LogP contribution >= 0.6 is 0 Å². The second-order valence-corrected chi connectivity index (χ2v) is 9.25. The number of carbonyl (C=O) groups is 1. The Morgan fingerprint density at radius 2 is 1.55 bits per heavy atom. The van der Waals surface area contributed by atoms with Crippen molar-refractivity contribution in [2.75, 3.05) is 39.7 Å². The quantitative estimate of drug-likeness (QED) is 0.697. The van der Waals surface area contributed by atoms with E-state index < -0.39 is 15.9 Å². The van der Waals surface area contributed by atoms with Crippen molar-refractivity contribution in [3.8, 4) is 17.2 Å². The molecule has 1 heterocycles. The molecule has 1 aliphatic rings. The van der Waals surface area contributed by atoms with Crippen LogP contribution in [0.3, 0.4) is 0 Å². The number of amides is 1. The second kappa shape index (κ2) is 9.57. The van der Waals surface area contributed by atoms with Crippen LogP contribution in [-0.2, 0) is 10.0 Å². The van der Waals surface area contributed by atoms with E-state index in [0.29, 0.717) is 36.0 Å². The van der Waals surface area contributed by atoms with Gasteiger partial charge in [0.15, 0.2) is 11.5 Å². The fourth-order valence-electron chi connectivity index (χ4n) is 3.56. The van der Waals surface area contributed by atoms with Crippen molar-refractivity contribution in [3.05, 3.63) is 41.5 Å². The Kier molecular flexibility index (Phi) is 7.07. The van der Waals surface area contributed by atoms with E-state index in [-0.39, 0.29) is 10.5 Å². The van der Waals surface area contributed by atoms with Crippen LogP contribution in [0.4, 0.5) is 5.69 Å². The summed E-state index contributed by atoms with van der Waals surface area (Å²) >= 11 is 0. The molecule has 0 aliphatic carbocycles. The van der Waals surface area contributed by atoms with E-state index in [1.165, 1.54) is 31.7 Å². The summed E-state index contributed by atoms with van der Waals surface area (Å²) in [5, 5.41) is 2.81. The third-order valence-corrected chi connectivity index (χ3v) is 7.23. The van der Waals surface area contributed by atoms with Crippen LogP contribution in [0.15, 0.2) is 35.2 Å². The van der Waals surface area contributed by atoms with Crippen molar-refractivity contribution < 1.29 is 27.4 Å². The molecule has 0 radical (unpaired) electrons. The zero-order valence-electron chi connectivity index (χ0n) is 18.2. The molecule has 3 rings (SSSR count). The fourth-order valence-corrected chi connectivity index (χ4v) is 5.10. The number of piperidine rings is 1. The van der Waals surface area contributed by atoms with E-state index in [2.05, 4.69) is 5.32 Å². The summed E-state index contributed by atoms with van der Waals surface area (Å²) in [6.07, 6.45) is 2.75. The molecule has 0 bridgehead atoms. The Morgan fingerprint density at radius 3 is 2.10 bits per heavy atom. The molecule has 0 atom stereocenters. The van der Waals surface area contributed by atoms with E-state index in [4.69, 9.17) is 14.2 Å². The number of methoxy groups -OCH3 is 3. The maximum absolute atomic E-state index is 13.0. The average molecular weight is 449 g/mol. The fraction of sp³-hybridized carbons (Fsp3) is 0.409. The highest BCUT2D eigenvalue weighted by Crippen LogP contribution is 2.38. The molecule has 31 heavy (non-hydrogen) atoms. The molecule has 168 valence electrons. The Hall–Kier alpha value is -2.78. The Labute approximate surface area is 183 Å². The predicted octanol–water partition coefficient (Wildman–Crippen LogP) is 3.45. The first-order valence-corrected chi connectivity index (χ1v) is 11.5. The van der Waals surface area contributed by atoms with Crippen molar-refractivity contribution in [1.82, 2.24) is 4.31 Å². The molecular weight excluding hydrogens is 420 g/mol. The summed E-state index contributed by atoms with van der Waals surface area (Å²) in [6.45, 7) is 2.84. The van der Waals surface area contributed by atoms with Gasteiger partial charge in [0.2, 0.25) is 15.8 Å². The van der Waals surface area contributed by atoms with Gasteiger partial charge in [0.05, 0.1) is 26.2 Å². The summed E-state index contributed by atoms with van der Waals surface area (Å²) in [4.78, 5) is 13.1. The van der Waals surface area contributed by atoms with Gasteiger partial charge in [-0.25, -0.2) is 8.42 Å². The Bertz CT molecular complexity index is 1040. The number of nitrogens with one attached hydrogen (secondary N) is 1. The molecule has 1 fully saturated rings. The lowest BCUT2D eigenvalue weighted by Gasteiger charge is -2.26. The van der Waals surface area contributed by atoms with Gasteiger partial charge in [0.1, 0.15) is 0 Å². The van der Waals surface area contributed by atoms with Crippen molar-refractivity contribution in [2.45, 2.75) is 31.1 Å². The molecule has 9 heteroatoms. The van der Waals surface area contributed by atoms with Gasteiger partial charge in [-0.2, -0.15) is 4.31 Å². The normalized spacial score (nSPS) is 14.7. The molecule has 2 aromatic carbocycles. The van der Waals surface area contributed by atoms with Crippen LogP contribution in [0.25, 0.3) is 0 Å². The van der Waals surface area contributed by atoms with Crippen LogP contribution < -0.4 is 19.5 Å². The summed E-state index contributed by atoms with van der Waals surface area (Å²) < 4.78 is 43.4. The predicted molar refractivity (Wildman–Crippen MR) is 118 cm³/mol. The van der Waals surface area contributed by atoms with Gasteiger partial charge >= 0.3 is 0 Å². The van der Waals surface area contributed by atoms with Gasteiger partial charge in [0, 0.05) is 24.3 Å². The van der Waals surface area contributed by atoms with E-state index in [1.54, 1.807) is 24.3 Å². The highest BCUT2D eigenvalue weighted by Gasteiger charge is 2.26. The standard InChI is InChI=1S/C22H28N2O6S/c1-15-8-9-17(31(26,27)24-10-6-5-7-11-24)14-18(15)23-22(25)16-12-19(28-2)21(30-4)20(13-16)29-3/h8-9,12-14H,5-7,10-11H2,1-4H3,(H,23,25). The zero-order chi connectivity index (χ0) is 22.6. The Morgan fingerprint density at radius 1 is 0.935 bits per heavy atom. The van der Waals surface area contributed by atoms with Gasteiger partial charge in [0.25, 0.3) is 5.91 Å². The molecular formula is C22H28N2O6S. The van der Waals surface area contributed by atoms with Crippen molar-refractivity contribution in [1.29, 1.82) is 0 Å². The molecule has 0 unspecified atom stereocenters. The smallest absolute Gasteiger partial charge is 0.255 e. The minimum atomic E-state index is -3.61. The van der Waals surface area contributed by atoms with Crippen molar-refractivity contribution in [2.24, 2.45) is 0 Å². The number of anilines is 1. The minimum absolute atomic E-state index is 0.167. The monoisotopic (exact) mass is 448 g/mol. The number of benzene rings is 2. The van der Waals surface area contributed by atoms with E-state index in [9.17, 15) is 13.2 Å². The maximum Gasteiger partial charge on any atom is 0.255 e. The minimum Gasteiger partial charge on any atom is -0.493 e. The number of ether oxygens (including phenoxy) is 3. The first-order chi connectivity index (χ1) is 14.8. The van der Waals surface area contributed by atoms with Gasteiger partial charge in [-0.05, 0) is 49.6 Å².